The van der Waals surface area contributed by atoms with Crippen LogP contribution in [0.15, 0.2) is 29.3 Å². The van der Waals surface area contributed by atoms with Crippen molar-refractivity contribution >= 4 is 27.5 Å². The van der Waals surface area contributed by atoms with Crippen LogP contribution in [0.2, 0.25) is 0 Å². The fourth-order valence-corrected chi connectivity index (χ4v) is 4.82. The van der Waals surface area contributed by atoms with E-state index in [9.17, 15) is 9.59 Å². The molecule has 3 aromatic heterocycles. The van der Waals surface area contributed by atoms with Crippen molar-refractivity contribution in [2.75, 3.05) is 0 Å². The van der Waals surface area contributed by atoms with Gasteiger partial charge in [-0.3, -0.25) is 14.6 Å². The number of aryl methyl sites for hydroxylation is 2. The van der Waals surface area contributed by atoms with Gasteiger partial charge < -0.3 is 9.88 Å². The van der Waals surface area contributed by atoms with Gasteiger partial charge >= 0.3 is 0 Å². The van der Waals surface area contributed by atoms with Crippen LogP contribution in [0.4, 0.5) is 0 Å². The number of nitrogens with zero attached hydrogens (tertiary/aromatic N) is 3. The third kappa shape index (κ3) is 3.39. The maximum Gasteiger partial charge on any atom is 0.259 e. The molecule has 0 atom stereocenters. The summed E-state index contributed by atoms with van der Waals surface area (Å²) in [5, 5.41) is 0.659. The number of fused-ring (bicyclic) bond motifs is 1. The van der Waals surface area contributed by atoms with E-state index < -0.39 is 0 Å². The van der Waals surface area contributed by atoms with Gasteiger partial charge in [0.1, 0.15) is 10.7 Å². The Morgan fingerprint density at radius 2 is 2.11 bits per heavy atom. The third-order valence-corrected chi connectivity index (χ3v) is 6.44. The Kier molecular flexibility index (Phi) is 4.78. The van der Waals surface area contributed by atoms with E-state index in [1.807, 2.05) is 18.7 Å². The number of amides is 1. The van der Waals surface area contributed by atoms with Gasteiger partial charge in [0.25, 0.3) is 11.5 Å². The molecule has 1 aliphatic carbocycles. The number of thiophene rings is 1. The van der Waals surface area contributed by atoms with E-state index in [4.69, 9.17) is 0 Å². The molecular weight excluding hydrogens is 360 g/mol. The zero-order chi connectivity index (χ0) is 19.0. The lowest BCUT2D eigenvalue weighted by Crippen LogP contribution is -2.39. The highest BCUT2D eigenvalue weighted by atomic mass is 32.1. The molecule has 3 aromatic rings. The Bertz CT molecular complexity index is 1040. The van der Waals surface area contributed by atoms with Crippen molar-refractivity contribution in [2.45, 2.75) is 52.1 Å². The van der Waals surface area contributed by atoms with Crippen molar-refractivity contribution in [2.24, 2.45) is 0 Å². The van der Waals surface area contributed by atoms with E-state index in [-0.39, 0.29) is 17.5 Å². The van der Waals surface area contributed by atoms with Gasteiger partial charge in [0.15, 0.2) is 0 Å². The second-order valence-corrected chi connectivity index (χ2v) is 8.29. The summed E-state index contributed by atoms with van der Waals surface area (Å²) in [7, 11) is 0. The Morgan fingerprint density at radius 3 is 2.81 bits per heavy atom. The molecule has 4 rings (SSSR count). The van der Waals surface area contributed by atoms with Crippen LogP contribution in [0.5, 0.6) is 0 Å². The lowest BCUT2D eigenvalue weighted by molar-refractivity contribution is 0.0658. The topological polar surface area (TPSA) is 79.0 Å². The summed E-state index contributed by atoms with van der Waals surface area (Å²) in [6.45, 7) is 4.25. The van der Waals surface area contributed by atoms with Crippen LogP contribution < -0.4 is 5.56 Å². The number of aromatic nitrogens is 3. The minimum Gasteiger partial charge on any atom is -0.328 e. The quantitative estimate of drug-likeness (QED) is 0.748. The first kappa shape index (κ1) is 17.9. The predicted molar refractivity (Wildman–Crippen MR) is 106 cm³/mol. The van der Waals surface area contributed by atoms with Gasteiger partial charge in [-0.1, -0.05) is 12.8 Å². The van der Waals surface area contributed by atoms with Crippen LogP contribution in [-0.4, -0.2) is 31.8 Å². The number of carbonyl (C=O) groups is 1. The first-order valence-electron chi connectivity index (χ1n) is 9.24. The van der Waals surface area contributed by atoms with Crippen LogP contribution in [0.25, 0.3) is 10.2 Å². The molecule has 7 heteroatoms. The third-order valence-electron chi connectivity index (χ3n) is 5.34. The van der Waals surface area contributed by atoms with Crippen LogP contribution in [0.1, 0.15) is 52.3 Å². The zero-order valence-corrected chi connectivity index (χ0v) is 16.3. The van der Waals surface area contributed by atoms with Crippen molar-refractivity contribution in [1.82, 2.24) is 19.9 Å². The second-order valence-electron chi connectivity index (χ2n) is 7.09. The van der Waals surface area contributed by atoms with Crippen molar-refractivity contribution in [3.8, 4) is 0 Å². The summed E-state index contributed by atoms with van der Waals surface area (Å²) in [5.41, 5.74) is 1.42. The molecule has 1 saturated carbocycles. The summed E-state index contributed by atoms with van der Waals surface area (Å²) in [6.07, 6.45) is 7.45. The lowest BCUT2D eigenvalue weighted by atomic mass is 10.1. The van der Waals surface area contributed by atoms with E-state index in [0.29, 0.717) is 23.3 Å². The molecule has 1 N–H and O–H groups in total. The minimum atomic E-state index is -0.128. The monoisotopic (exact) mass is 382 g/mol. The average Bonchev–Trinajstić information content (AvgIpc) is 3.29. The Hall–Kier alpha value is -2.54. The number of hydrogen-bond donors (Lipinski definition) is 1. The fraction of sp³-hybridized carbons (Fsp3) is 0.400. The Balaban J connectivity index is 1.70. The first-order chi connectivity index (χ1) is 13.0. The Labute approximate surface area is 161 Å². The molecule has 0 radical (unpaired) electrons. The van der Waals surface area contributed by atoms with Gasteiger partial charge in [-0.05, 0) is 44.4 Å². The van der Waals surface area contributed by atoms with E-state index in [1.54, 1.807) is 24.5 Å². The highest BCUT2D eigenvalue weighted by Crippen LogP contribution is 2.28. The molecule has 140 valence electrons. The van der Waals surface area contributed by atoms with Crippen LogP contribution in [0, 0.1) is 13.8 Å². The molecule has 0 bridgehead atoms. The highest BCUT2D eigenvalue weighted by molar-refractivity contribution is 7.18. The number of H-pyrrole nitrogens is 1. The highest BCUT2D eigenvalue weighted by Gasteiger charge is 2.28. The summed E-state index contributed by atoms with van der Waals surface area (Å²) < 4.78 is 0. The molecule has 1 amide bonds. The molecule has 3 heterocycles. The SMILES string of the molecule is Cc1sc2nc(CN(C(=O)c3cccnc3)C3CCCC3)[nH]c(=O)c2c1C. The van der Waals surface area contributed by atoms with Gasteiger partial charge in [-0.25, -0.2) is 4.98 Å². The number of pyridine rings is 1. The molecule has 1 aliphatic rings. The summed E-state index contributed by atoms with van der Waals surface area (Å²) in [6, 6.07) is 3.72. The normalized spacial score (nSPS) is 14.7. The Morgan fingerprint density at radius 1 is 1.33 bits per heavy atom. The second kappa shape index (κ2) is 7.23. The summed E-state index contributed by atoms with van der Waals surface area (Å²) >= 11 is 1.53. The van der Waals surface area contributed by atoms with E-state index in [1.165, 1.54) is 11.3 Å². The minimum absolute atomic E-state index is 0.0590. The van der Waals surface area contributed by atoms with Gasteiger partial charge in [0, 0.05) is 23.3 Å². The number of nitrogens with one attached hydrogen (secondary N) is 1. The maximum atomic E-state index is 13.1. The van der Waals surface area contributed by atoms with Crippen LogP contribution >= 0.6 is 11.3 Å². The predicted octanol–water partition coefficient (Wildman–Crippen LogP) is 3.58. The van der Waals surface area contributed by atoms with Crippen molar-refractivity contribution in [1.29, 1.82) is 0 Å². The molecule has 27 heavy (non-hydrogen) atoms. The molecule has 1 fully saturated rings. The zero-order valence-electron chi connectivity index (χ0n) is 15.5. The van der Waals surface area contributed by atoms with Gasteiger partial charge in [-0.2, -0.15) is 0 Å². The molecule has 0 aliphatic heterocycles. The molecule has 0 saturated heterocycles. The number of carbonyl (C=O) groups excluding carboxylic acids is 1. The number of hydrogen-bond acceptors (Lipinski definition) is 5. The number of rotatable bonds is 4. The van der Waals surface area contributed by atoms with Gasteiger partial charge in [-0.15, -0.1) is 11.3 Å². The van der Waals surface area contributed by atoms with Crippen molar-refractivity contribution in [3.05, 3.63) is 56.7 Å². The van der Waals surface area contributed by atoms with E-state index >= 15 is 0 Å². The van der Waals surface area contributed by atoms with E-state index in [2.05, 4.69) is 15.0 Å². The standard InChI is InChI=1S/C20H22N4O2S/c1-12-13(2)27-19-17(12)18(25)22-16(23-19)11-24(15-7-3-4-8-15)20(26)14-6-5-9-21-10-14/h5-6,9-10,15H,3-4,7-8,11H2,1-2H3,(H,22,23,25). The van der Waals surface area contributed by atoms with E-state index in [0.717, 1.165) is 41.0 Å². The van der Waals surface area contributed by atoms with Gasteiger partial charge in [0.2, 0.25) is 0 Å². The smallest absolute Gasteiger partial charge is 0.259 e. The fourth-order valence-electron chi connectivity index (χ4n) is 3.77. The number of aromatic amines is 1. The first-order valence-corrected chi connectivity index (χ1v) is 10.1. The van der Waals surface area contributed by atoms with Crippen LogP contribution in [-0.2, 0) is 6.54 Å². The summed E-state index contributed by atoms with van der Waals surface area (Å²) in [4.78, 5) is 41.0. The molecule has 0 aromatic carbocycles. The molecule has 0 unspecified atom stereocenters. The molecule has 0 spiro atoms. The summed E-state index contributed by atoms with van der Waals surface area (Å²) in [5.74, 6) is 0.481. The van der Waals surface area contributed by atoms with Gasteiger partial charge in [0.05, 0.1) is 17.5 Å². The van der Waals surface area contributed by atoms with Crippen molar-refractivity contribution in [3.63, 3.8) is 0 Å². The maximum absolute atomic E-state index is 13.1. The lowest BCUT2D eigenvalue weighted by Gasteiger charge is -2.28. The molecular formula is C20H22N4O2S. The average molecular weight is 382 g/mol. The van der Waals surface area contributed by atoms with Crippen molar-refractivity contribution < 1.29 is 4.79 Å². The molecule has 6 nitrogen and oxygen atoms in total. The van der Waals surface area contributed by atoms with Crippen LogP contribution in [0.3, 0.4) is 0 Å². The largest absolute Gasteiger partial charge is 0.328 e.